The maximum absolute atomic E-state index is 10.9. The monoisotopic (exact) mass is 289 g/mol. The number of aliphatic carboxylic acids is 1. The average molecular weight is 290 g/mol. The van der Waals surface area contributed by atoms with Crippen molar-refractivity contribution < 1.29 is 14.8 Å². The number of benzene rings is 2. The van der Waals surface area contributed by atoms with Gasteiger partial charge in [0.05, 0.1) is 5.97 Å². The summed E-state index contributed by atoms with van der Waals surface area (Å²) in [6, 6.07) is 17.3. The van der Waals surface area contributed by atoms with Crippen LogP contribution in [0.4, 0.5) is 0 Å². The van der Waals surface area contributed by atoms with E-state index in [9.17, 15) is 9.90 Å². The lowest BCUT2D eigenvalue weighted by Crippen LogP contribution is -3.10. The second-order valence-corrected chi connectivity index (χ2v) is 5.14. The maximum atomic E-state index is 10.9. The van der Waals surface area contributed by atoms with E-state index in [1.54, 1.807) is 0 Å². The van der Waals surface area contributed by atoms with Gasteiger partial charge in [0, 0.05) is 16.1 Å². The Labute approximate surface area is 123 Å². The Morgan fingerprint density at radius 2 is 1.65 bits per heavy atom. The van der Waals surface area contributed by atoms with Crippen LogP contribution in [0, 0.1) is 0 Å². The average Bonchev–Trinajstić information content (AvgIpc) is 2.42. The van der Waals surface area contributed by atoms with E-state index in [1.165, 1.54) is 0 Å². The van der Waals surface area contributed by atoms with Gasteiger partial charge in [-0.3, -0.25) is 0 Å². The Hall–Kier alpha value is -1.84. The largest absolute Gasteiger partial charge is 0.544 e. The molecule has 0 saturated heterocycles. The minimum Gasteiger partial charge on any atom is -0.544 e. The summed E-state index contributed by atoms with van der Waals surface area (Å²) in [6.07, 6.45) is 0. The molecule has 104 valence electrons. The number of carboxylic acids is 1. The van der Waals surface area contributed by atoms with Crippen molar-refractivity contribution in [2.24, 2.45) is 0 Å². The van der Waals surface area contributed by atoms with Gasteiger partial charge in [0.15, 0.2) is 0 Å². The predicted molar refractivity (Wildman–Crippen MR) is 76.1 cm³/mol. The van der Waals surface area contributed by atoms with Crippen LogP contribution in [0.3, 0.4) is 0 Å². The molecule has 2 aromatic rings. The molecule has 0 fully saturated rings. The topological polar surface area (TPSA) is 44.6 Å². The highest BCUT2D eigenvalue weighted by Crippen LogP contribution is 2.13. The second kappa shape index (κ2) is 7.08. The van der Waals surface area contributed by atoms with E-state index < -0.39 is 5.97 Å². The number of carboxylic acid groups (broad SMARTS) is 1. The van der Waals surface area contributed by atoms with Gasteiger partial charge in [0.2, 0.25) is 0 Å². The number of carbonyl (C=O) groups excluding carboxylic acids is 1. The SMILES string of the molecule is O=C([O-])C[NH+](Cc1ccccc1)Cc1ccccc1Cl. The summed E-state index contributed by atoms with van der Waals surface area (Å²) >= 11 is 6.13. The number of hydrogen-bond acceptors (Lipinski definition) is 2. The van der Waals surface area contributed by atoms with Crippen LogP contribution >= 0.6 is 11.6 Å². The predicted octanol–water partition coefficient (Wildman–Crippen LogP) is 0.675. The molecular formula is C16H16ClNO2. The second-order valence-electron chi connectivity index (χ2n) is 4.73. The molecule has 0 saturated carbocycles. The fraction of sp³-hybridized carbons (Fsp3) is 0.188. The summed E-state index contributed by atoms with van der Waals surface area (Å²) in [5.74, 6) is -1.05. The lowest BCUT2D eigenvalue weighted by atomic mass is 10.1. The summed E-state index contributed by atoms with van der Waals surface area (Å²) in [6.45, 7) is 1.14. The van der Waals surface area contributed by atoms with Crippen molar-refractivity contribution in [2.75, 3.05) is 6.54 Å². The van der Waals surface area contributed by atoms with Crippen molar-refractivity contribution in [1.82, 2.24) is 0 Å². The molecule has 0 aliphatic carbocycles. The van der Waals surface area contributed by atoms with Gasteiger partial charge in [-0.05, 0) is 6.07 Å². The van der Waals surface area contributed by atoms with Crippen LogP contribution in [0.5, 0.6) is 0 Å². The van der Waals surface area contributed by atoms with Gasteiger partial charge < -0.3 is 14.8 Å². The van der Waals surface area contributed by atoms with Gasteiger partial charge in [0.25, 0.3) is 0 Å². The molecule has 0 amide bonds. The standard InChI is InChI=1S/C16H16ClNO2/c17-15-9-5-4-8-14(15)11-18(12-16(19)20)10-13-6-2-1-3-7-13/h1-9H,10-12H2,(H,19,20). The fourth-order valence-corrected chi connectivity index (χ4v) is 2.39. The minimum atomic E-state index is -1.05. The first-order chi connectivity index (χ1) is 9.65. The molecule has 0 heterocycles. The fourth-order valence-electron chi connectivity index (χ4n) is 2.19. The third-order valence-corrected chi connectivity index (χ3v) is 3.46. The summed E-state index contributed by atoms with van der Waals surface area (Å²) in [5.41, 5.74) is 2.04. The zero-order valence-electron chi connectivity index (χ0n) is 11.0. The zero-order valence-corrected chi connectivity index (χ0v) is 11.8. The number of hydrogen-bond donors (Lipinski definition) is 1. The van der Waals surface area contributed by atoms with Crippen molar-refractivity contribution in [3.05, 3.63) is 70.7 Å². The van der Waals surface area contributed by atoms with Crippen LogP contribution in [0.1, 0.15) is 11.1 Å². The molecule has 0 aliphatic rings. The first-order valence-electron chi connectivity index (χ1n) is 6.46. The third-order valence-electron chi connectivity index (χ3n) is 3.09. The number of carbonyl (C=O) groups is 1. The molecule has 2 aromatic carbocycles. The van der Waals surface area contributed by atoms with E-state index in [0.717, 1.165) is 16.0 Å². The lowest BCUT2D eigenvalue weighted by Gasteiger charge is -2.20. The van der Waals surface area contributed by atoms with Gasteiger partial charge in [-0.15, -0.1) is 0 Å². The number of nitrogens with one attached hydrogen (secondary N) is 1. The highest BCUT2D eigenvalue weighted by Gasteiger charge is 2.12. The maximum Gasteiger partial charge on any atom is 0.118 e. The van der Waals surface area contributed by atoms with Gasteiger partial charge in [-0.25, -0.2) is 0 Å². The highest BCUT2D eigenvalue weighted by atomic mass is 35.5. The molecule has 0 aliphatic heterocycles. The number of halogens is 1. The number of quaternary nitrogens is 1. The van der Waals surface area contributed by atoms with Gasteiger partial charge in [-0.2, -0.15) is 0 Å². The molecule has 0 radical (unpaired) electrons. The molecule has 1 atom stereocenters. The first kappa shape index (κ1) is 14.6. The minimum absolute atomic E-state index is 0.0416. The van der Waals surface area contributed by atoms with Crippen LogP contribution < -0.4 is 10.0 Å². The third kappa shape index (κ3) is 4.37. The van der Waals surface area contributed by atoms with E-state index in [4.69, 9.17) is 11.6 Å². The van der Waals surface area contributed by atoms with Crippen LogP contribution in [-0.2, 0) is 17.9 Å². The summed E-state index contributed by atoms with van der Waals surface area (Å²) in [5, 5.41) is 11.6. The van der Waals surface area contributed by atoms with Crippen LogP contribution in [0.25, 0.3) is 0 Å². The molecule has 4 heteroatoms. The van der Waals surface area contributed by atoms with E-state index in [2.05, 4.69) is 0 Å². The normalized spacial score (nSPS) is 12.1. The molecular weight excluding hydrogens is 274 g/mol. The van der Waals surface area contributed by atoms with Gasteiger partial charge in [-0.1, -0.05) is 60.1 Å². The Morgan fingerprint density at radius 1 is 1.00 bits per heavy atom. The van der Waals surface area contributed by atoms with Crippen molar-refractivity contribution in [2.45, 2.75) is 13.1 Å². The molecule has 3 nitrogen and oxygen atoms in total. The summed E-state index contributed by atoms with van der Waals surface area (Å²) in [4.78, 5) is 11.8. The molecule has 1 N–H and O–H groups in total. The van der Waals surface area contributed by atoms with Crippen molar-refractivity contribution in [3.8, 4) is 0 Å². The van der Waals surface area contributed by atoms with E-state index in [-0.39, 0.29) is 6.54 Å². The number of rotatable bonds is 6. The van der Waals surface area contributed by atoms with Crippen LogP contribution in [-0.4, -0.2) is 12.5 Å². The molecule has 0 bridgehead atoms. The Bertz CT molecular complexity index is 572. The summed E-state index contributed by atoms with van der Waals surface area (Å²) < 4.78 is 0. The molecule has 0 aromatic heterocycles. The quantitative estimate of drug-likeness (QED) is 0.850. The van der Waals surface area contributed by atoms with Crippen molar-refractivity contribution in [3.63, 3.8) is 0 Å². The zero-order chi connectivity index (χ0) is 14.4. The first-order valence-corrected chi connectivity index (χ1v) is 6.83. The highest BCUT2D eigenvalue weighted by molar-refractivity contribution is 6.31. The van der Waals surface area contributed by atoms with Gasteiger partial charge >= 0.3 is 0 Å². The lowest BCUT2D eigenvalue weighted by molar-refractivity contribution is -0.922. The van der Waals surface area contributed by atoms with Crippen LogP contribution in [0.2, 0.25) is 5.02 Å². The molecule has 1 unspecified atom stereocenters. The van der Waals surface area contributed by atoms with Gasteiger partial charge in [0.1, 0.15) is 19.6 Å². The van der Waals surface area contributed by atoms with E-state index in [1.807, 2.05) is 54.6 Å². The van der Waals surface area contributed by atoms with E-state index >= 15 is 0 Å². The Balaban J connectivity index is 2.12. The van der Waals surface area contributed by atoms with Crippen LogP contribution in [0.15, 0.2) is 54.6 Å². The molecule has 20 heavy (non-hydrogen) atoms. The summed E-state index contributed by atoms with van der Waals surface area (Å²) in [7, 11) is 0. The molecule has 2 rings (SSSR count). The van der Waals surface area contributed by atoms with E-state index in [0.29, 0.717) is 18.1 Å². The molecule has 0 spiro atoms. The smallest absolute Gasteiger partial charge is 0.118 e. The Kier molecular flexibility index (Phi) is 5.16. The Morgan fingerprint density at radius 3 is 2.30 bits per heavy atom. The van der Waals surface area contributed by atoms with Crippen molar-refractivity contribution in [1.29, 1.82) is 0 Å². The van der Waals surface area contributed by atoms with Crippen molar-refractivity contribution >= 4 is 17.6 Å².